The molecule has 1 aromatic heterocycles. The molecular formula is C19H20N2O4. The van der Waals surface area contributed by atoms with Gasteiger partial charge in [0.25, 0.3) is 0 Å². The number of methoxy groups -OCH3 is 1. The van der Waals surface area contributed by atoms with Gasteiger partial charge in [0.05, 0.1) is 13.2 Å². The van der Waals surface area contributed by atoms with Crippen LogP contribution in [-0.4, -0.2) is 18.8 Å². The first-order valence-corrected chi connectivity index (χ1v) is 7.93. The average molecular weight is 340 g/mol. The number of amides is 1. The van der Waals surface area contributed by atoms with Gasteiger partial charge in [-0.25, -0.2) is 0 Å². The highest BCUT2D eigenvalue weighted by Crippen LogP contribution is 2.19. The summed E-state index contributed by atoms with van der Waals surface area (Å²) >= 11 is 0. The Morgan fingerprint density at radius 3 is 2.52 bits per heavy atom. The number of aryl methyl sites for hydroxylation is 2. The zero-order valence-corrected chi connectivity index (χ0v) is 14.5. The number of carbonyl (C=O) groups excluding carboxylic acids is 2. The largest absolute Gasteiger partial charge is 0.497 e. The molecule has 0 aliphatic rings. The van der Waals surface area contributed by atoms with E-state index in [1.807, 2.05) is 13.8 Å². The van der Waals surface area contributed by atoms with Crippen molar-refractivity contribution in [3.63, 3.8) is 0 Å². The highest BCUT2D eigenvalue weighted by Gasteiger charge is 2.30. The van der Waals surface area contributed by atoms with Crippen LogP contribution in [0.3, 0.4) is 0 Å². The van der Waals surface area contributed by atoms with Gasteiger partial charge in [0, 0.05) is 13.0 Å². The quantitative estimate of drug-likeness (QED) is 0.618. The van der Waals surface area contributed by atoms with Crippen molar-refractivity contribution in [1.82, 2.24) is 5.32 Å². The second-order valence-corrected chi connectivity index (χ2v) is 5.56. The molecule has 0 fully saturated rings. The van der Waals surface area contributed by atoms with Gasteiger partial charge in [0.15, 0.2) is 11.7 Å². The molecule has 6 heteroatoms. The lowest BCUT2D eigenvalue weighted by atomic mass is 10.0. The maximum Gasteiger partial charge on any atom is 0.245 e. The molecule has 1 atom stereocenters. The SMILES string of the molecule is CCc1oc(C(=O)[C@H](C#N)C(=O)NCc2ccc(OC)cc2)cc1C. The van der Waals surface area contributed by atoms with Crippen LogP contribution >= 0.6 is 0 Å². The molecule has 0 saturated carbocycles. The van der Waals surface area contributed by atoms with Gasteiger partial charge in [0.2, 0.25) is 11.7 Å². The van der Waals surface area contributed by atoms with E-state index in [1.54, 1.807) is 43.5 Å². The van der Waals surface area contributed by atoms with Crippen molar-refractivity contribution in [2.75, 3.05) is 7.11 Å². The number of Topliss-reactive ketones (excluding diaryl/α,β-unsaturated/α-hetero) is 1. The van der Waals surface area contributed by atoms with Gasteiger partial charge in [0.1, 0.15) is 11.5 Å². The molecule has 1 N–H and O–H groups in total. The van der Waals surface area contributed by atoms with Gasteiger partial charge in [-0.3, -0.25) is 9.59 Å². The Morgan fingerprint density at radius 1 is 1.32 bits per heavy atom. The molecule has 130 valence electrons. The van der Waals surface area contributed by atoms with Crippen molar-refractivity contribution in [1.29, 1.82) is 5.26 Å². The lowest BCUT2D eigenvalue weighted by Crippen LogP contribution is -2.34. The van der Waals surface area contributed by atoms with Crippen LogP contribution in [0.15, 0.2) is 34.7 Å². The Balaban J connectivity index is 2.04. The van der Waals surface area contributed by atoms with Gasteiger partial charge in [-0.15, -0.1) is 0 Å². The van der Waals surface area contributed by atoms with E-state index in [4.69, 9.17) is 9.15 Å². The van der Waals surface area contributed by atoms with Crippen LogP contribution in [0, 0.1) is 24.2 Å². The number of ketones is 1. The molecule has 1 heterocycles. The average Bonchev–Trinajstić information content (AvgIpc) is 3.01. The summed E-state index contributed by atoms with van der Waals surface area (Å²) in [6.45, 7) is 3.94. The fraction of sp³-hybridized carbons (Fsp3) is 0.316. The Hall–Kier alpha value is -3.07. The fourth-order valence-electron chi connectivity index (χ4n) is 2.41. The van der Waals surface area contributed by atoms with Crippen LogP contribution in [0.5, 0.6) is 5.75 Å². The highest BCUT2D eigenvalue weighted by atomic mass is 16.5. The van der Waals surface area contributed by atoms with Gasteiger partial charge in [-0.05, 0) is 36.2 Å². The summed E-state index contributed by atoms with van der Waals surface area (Å²) in [5.41, 5.74) is 1.67. The number of furan rings is 1. The molecule has 25 heavy (non-hydrogen) atoms. The van der Waals surface area contributed by atoms with Crippen molar-refractivity contribution in [2.24, 2.45) is 5.92 Å². The molecular weight excluding hydrogens is 320 g/mol. The number of hydrogen-bond acceptors (Lipinski definition) is 5. The normalized spacial score (nSPS) is 11.4. The van der Waals surface area contributed by atoms with E-state index in [0.717, 1.165) is 11.1 Å². The minimum Gasteiger partial charge on any atom is -0.497 e. The Morgan fingerprint density at radius 2 is 2.00 bits per heavy atom. The molecule has 2 rings (SSSR count). The predicted octanol–water partition coefficient (Wildman–Crippen LogP) is 2.80. The van der Waals surface area contributed by atoms with Crippen LogP contribution < -0.4 is 10.1 Å². The highest BCUT2D eigenvalue weighted by molar-refractivity contribution is 6.10. The summed E-state index contributed by atoms with van der Waals surface area (Å²) in [4.78, 5) is 24.6. The van der Waals surface area contributed by atoms with Crippen molar-refractivity contribution in [3.05, 3.63) is 53.0 Å². The molecule has 0 bridgehead atoms. The molecule has 0 unspecified atom stereocenters. The molecule has 0 spiro atoms. The molecule has 1 aromatic carbocycles. The topological polar surface area (TPSA) is 92.3 Å². The van der Waals surface area contributed by atoms with E-state index in [9.17, 15) is 14.9 Å². The minimum atomic E-state index is -1.44. The zero-order valence-electron chi connectivity index (χ0n) is 14.5. The molecule has 0 aliphatic carbocycles. The zero-order chi connectivity index (χ0) is 18.4. The van der Waals surface area contributed by atoms with E-state index < -0.39 is 17.6 Å². The van der Waals surface area contributed by atoms with Crippen LogP contribution in [0.2, 0.25) is 0 Å². The minimum absolute atomic E-state index is 0.0421. The number of nitrogens with zero attached hydrogens (tertiary/aromatic N) is 1. The molecule has 2 aromatic rings. The standard InChI is InChI=1S/C19H20N2O4/c1-4-16-12(2)9-17(25-16)18(22)15(10-20)19(23)21-11-13-5-7-14(24-3)8-6-13/h5-9,15H,4,11H2,1-3H3,(H,21,23)/t15-/m0/s1. The maximum atomic E-state index is 12.4. The number of rotatable bonds is 7. The molecule has 1 amide bonds. The summed E-state index contributed by atoms with van der Waals surface area (Å²) in [6, 6.07) is 10.5. The van der Waals surface area contributed by atoms with Crippen LogP contribution in [0.25, 0.3) is 0 Å². The lowest BCUT2D eigenvalue weighted by Gasteiger charge is -2.09. The first-order valence-electron chi connectivity index (χ1n) is 7.93. The number of benzene rings is 1. The predicted molar refractivity (Wildman–Crippen MR) is 91.1 cm³/mol. The molecule has 6 nitrogen and oxygen atoms in total. The first-order chi connectivity index (χ1) is 12.0. The van der Waals surface area contributed by atoms with E-state index in [0.29, 0.717) is 17.9 Å². The summed E-state index contributed by atoms with van der Waals surface area (Å²) < 4.78 is 10.5. The number of hydrogen-bond donors (Lipinski definition) is 1. The molecule has 0 aliphatic heterocycles. The van der Waals surface area contributed by atoms with Crippen LogP contribution in [0.4, 0.5) is 0 Å². The van der Waals surface area contributed by atoms with Gasteiger partial charge < -0.3 is 14.5 Å². The first kappa shape index (κ1) is 18.3. The van der Waals surface area contributed by atoms with Gasteiger partial charge in [-0.2, -0.15) is 5.26 Å². The third-order valence-corrected chi connectivity index (χ3v) is 3.86. The third-order valence-electron chi connectivity index (χ3n) is 3.86. The summed E-state index contributed by atoms with van der Waals surface area (Å²) in [5.74, 6) is -1.28. The monoisotopic (exact) mass is 340 g/mol. The summed E-state index contributed by atoms with van der Waals surface area (Å²) in [7, 11) is 1.57. The van der Waals surface area contributed by atoms with E-state index in [2.05, 4.69) is 5.32 Å². The van der Waals surface area contributed by atoms with Gasteiger partial charge >= 0.3 is 0 Å². The van der Waals surface area contributed by atoms with Crippen molar-refractivity contribution < 1.29 is 18.7 Å². The smallest absolute Gasteiger partial charge is 0.245 e. The lowest BCUT2D eigenvalue weighted by molar-refractivity contribution is -0.122. The van der Waals surface area contributed by atoms with Crippen molar-refractivity contribution in [3.8, 4) is 11.8 Å². The fourth-order valence-corrected chi connectivity index (χ4v) is 2.41. The van der Waals surface area contributed by atoms with Crippen LogP contribution in [0.1, 0.15) is 34.4 Å². The Bertz CT molecular complexity index is 800. The number of carbonyl (C=O) groups is 2. The number of nitrogens with one attached hydrogen (secondary N) is 1. The number of nitriles is 1. The molecule has 0 radical (unpaired) electrons. The van der Waals surface area contributed by atoms with E-state index in [-0.39, 0.29) is 12.3 Å². The van der Waals surface area contributed by atoms with Crippen molar-refractivity contribution >= 4 is 11.7 Å². The number of ether oxygens (including phenoxy) is 1. The van der Waals surface area contributed by atoms with E-state index >= 15 is 0 Å². The second kappa shape index (κ2) is 8.15. The third kappa shape index (κ3) is 4.27. The summed E-state index contributed by atoms with van der Waals surface area (Å²) in [6.07, 6.45) is 0.639. The maximum absolute atomic E-state index is 12.4. The Labute approximate surface area is 146 Å². The Kier molecular flexibility index (Phi) is 5.96. The van der Waals surface area contributed by atoms with Gasteiger partial charge in [-0.1, -0.05) is 19.1 Å². The van der Waals surface area contributed by atoms with E-state index in [1.165, 1.54) is 0 Å². The van der Waals surface area contributed by atoms with Crippen molar-refractivity contribution in [2.45, 2.75) is 26.8 Å². The summed E-state index contributed by atoms with van der Waals surface area (Å²) in [5, 5.41) is 11.8. The molecule has 0 saturated heterocycles. The second-order valence-electron chi connectivity index (χ2n) is 5.56. The van der Waals surface area contributed by atoms with Crippen LogP contribution in [-0.2, 0) is 17.8 Å².